The smallest absolute Gasteiger partial charge is 0.313 e. The minimum atomic E-state index is -0.0700. The average molecular weight is 154 g/mol. The minimum absolute atomic E-state index is 0.0463. The highest BCUT2D eigenvalue weighted by atomic mass is 16.6. The van der Waals surface area contributed by atoms with Gasteiger partial charge in [0.1, 0.15) is 6.10 Å². The van der Waals surface area contributed by atoms with Crippen molar-refractivity contribution in [1.29, 1.82) is 0 Å². The summed E-state index contributed by atoms with van der Waals surface area (Å²) in [5.74, 6) is 1.02. The van der Waals surface area contributed by atoms with Crippen molar-refractivity contribution in [2.45, 2.75) is 33.3 Å². The van der Waals surface area contributed by atoms with Gasteiger partial charge in [0.15, 0.2) is 0 Å². The number of cyclic esters (lactones) is 1. The highest BCUT2D eigenvalue weighted by Gasteiger charge is 2.70. The molecule has 1 heterocycles. The van der Waals surface area contributed by atoms with Crippen LogP contribution in [0.2, 0.25) is 0 Å². The molecule has 1 saturated heterocycles. The summed E-state index contributed by atoms with van der Waals surface area (Å²) in [6.45, 7) is 6.22. The Hall–Kier alpha value is -0.530. The molecule has 2 nitrogen and oxygen atoms in total. The summed E-state index contributed by atoms with van der Waals surface area (Å²) in [7, 11) is 0. The molecule has 0 amide bonds. The molecule has 0 aromatic carbocycles. The van der Waals surface area contributed by atoms with Crippen LogP contribution in [0, 0.1) is 17.3 Å². The van der Waals surface area contributed by atoms with Crippen LogP contribution in [0.5, 0.6) is 0 Å². The van der Waals surface area contributed by atoms with Gasteiger partial charge in [-0.25, -0.2) is 0 Å². The lowest BCUT2D eigenvalue weighted by molar-refractivity contribution is -0.149. The van der Waals surface area contributed by atoms with E-state index in [1.807, 2.05) is 6.92 Å². The summed E-state index contributed by atoms with van der Waals surface area (Å²) >= 11 is 0. The molecule has 2 heteroatoms. The highest BCUT2D eigenvalue weighted by molar-refractivity contribution is 5.84. The van der Waals surface area contributed by atoms with Crippen LogP contribution in [0.25, 0.3) is 0 Å². The Kier molecular flexibility index (Phi) is 1.16. The van der Waals surface area contributed by atoms with Crippen molar-refractivity contribution in [1.82, 2.24) is 0 Å². The lowest BCUT2D eigenvalue weighted by Gasteiger charge is -2.12. The molecule has 0 aromatic rings. The third kappa shape index (κ3) is 0.652. The van der Waals surface area contributed by atoms with E-state index < -0.39 is 0 Å². The van der Waals surface area contributed by atoms with Gasteiger partial charge in [-0.1, -0.05) is 13.8 Å². The first-order valence-electron chi connectivity index (χ1n) is 4.30. The summed E-state index contributed by atoms with van der Waals surface area (Å²) in [5, 5.41) is 0. The number of esters is 1. The van der Waals surface area contributed by atoms with E-state index in [1.165, 1.54) is 0 Å². The maximum absolute atomic E-state index is 11.4. The van der Waals surface area contributed by atoms with Gasteiger partial charge in [0.05, 0.1) is 5.41 Å². The third-order valence-corrected chi connectivity index (χ3v) is 3.33. The Bertz CT molecular complexity index is 210. The second kappa shape index (κ2) is 1.79. The topological polar surface area (TPSA) is 26.3 Å². The normalized spacial score (nSPS) is 47.5. The lowest BCUT2D eigenvalue weighted by atomic mass is 9.90. The van der Waals surface area contributed by atoms with E-state index in [4.69, 9.17) is 4.74 Å². The molecule has 2 fully saturated rings. The summed E-state index contributed by atoms with van der Waals surface area (Å²) in [6.07, 6.45) is 1.23. The summed E-state index contributed by atoms with van der Waals surface area (Å²) in [4.78, 5) is 11.4. The molecule has 0 unspecified atom stereocenters. The first kappa shape index (κ1) is 7.14. The zero-order chi connectivity index (χ0) is 8.22. The molecule has 2 rings (SSSR count). The van der Waals surface area contributed by atoms with Crippen LogP contribution in [0.4, 0.5) is 0 Å². The van der Waals surface area contributed by atoms with Crippen molar-refractivity contribution in [3.8, 4) is 0 Å². The van der Waals surface area contributed by atoms with E-state index in [9.17, 15) is 4.79 Å². The average Bonchev–Trinajstić information content (AvgIpc) is 2.56. The van der Waals surface area contributed by atoms with E-state index in [2.05, 4.69) is 13.8 Å². The molecular formula is C9H14O2. The number of rotatable bonds is 1. The van der Waals surface area contributed by atoms with Crippen LogP contribution in [0.3, 0.4) is 0 Å². The maximum Gasteiger partial charge on any atom is 0.313 e. The Morgan fingerprint density at radius 2 is 2.27 bits per heavy atom. The van der Waals surface area contributed by atoms with Crippen molar-refractivity contribution < 1.29 is 9.53 Å². The van der Waals surface area contributed by atoms with Gasteiger partial charge in [0, 0.05) is 5.92 Å². The molecule has 0 aromatic heterocycles. The fraction of sp³-hybridized carbons (Fsp3) is 0.889. The number of carbonyl (C=O) groups excluding carboxylic acids is 1. The SMILES string of the molecule is CC(C)[C@]12C[C@H]1[C@H](C)OC2=O. The van der Waals surface area contributed by atoms with E-state index in [-0.39, 0.29) is 17.5 Å². The molecular weight excluding hydrogens is 140 g/mol. The monoisotopic (exact) mass is 154 g/mol. The van der Waals surface area contributed by atoms with E-state index in [0.717, 1.165) is 6.42 Å². The fourth-order valence-corrected chi connectivity index (χ4v) is 2.38. The highest BCUT2D eigenvalue weighted by Crippen LogP contribution is 2.64. The van der Waals surface area contributed by atoms with Gasteiger partial charge in [-0.05, 0) is 19.3 Å². The van der Waals surface area contributed by atoms with E-state index >= 15 is 0 Å². The first-order chi connectivity index (χ1) is 5.09. The molecule has 3 atom stereocenters. The molecule has 2 aliphatic rings. The number of fused-ring (bicyclic) bond motifs is 1. The molecule has 0 spiro atoms. The van der Waals surface area contributed by atoms with Gasteiger partial charge < -0.3 is 4.74 Å². The number of ether oxygens (including phenoxy) is 1. The van der Waals surface area contributed by atoms with Crippen molar-refractivity contribution >= 4 is 5.97 Å². The van der Waals surface area contributed by atoms with Crippen LogP contribution in [0.15, 0.2) is 0 Å². The summed E-state index contributed by atoms with van der Waals surface area (Å²) < 4.78 is 5.15. The Morgan fingerprint density at radius 3 is 2.45 bits per heavy atom. The maximum atomic E-state index is 11.4. The van der Waals surface area contributed by atoms with E-state index in [1.54, 1.807) is 0 Å². The molecule has 1 aliphatic heterocycles. The zero-order valence-electron chi connectivity index (χ0n) is 7.26. The zero-order valence-corrected chi connectivity index (χ0v) is 7.26. The molecule has 1 saturated carbocycles. The molecule has 1 aliphatic carbocycles. The molecule has 62 valence electrons. The molecule has 0 bridgehead atoms. The van der Waals surface area contributed by atoms with Gasteiger partial charge >= 0.3 is 5.97 Å². The van der Waals surface area contributed by atoms with Gasteiger partial charge in [-0.15, -0.1) is 0 Å². The third-order valence-electron chi connectivity index (χ3n) is 3.33. The Balaban J connectivity index is 2.26. The molecule has 0 N–H and O–H groups in total. The quantitative estimate of drug-likeness (QED) is 0.536. The fourth-order valence-electron chi connectivity index (χ4n) is 2.38. The number of hydrogen-bond donors (Lipinski definition) is 0. The molecule has 0 radical (unpaired) electrons. The first-order valence-corrected chi connectivity index (χ1v) is 4.30. The largest absolute Gasteiger partial charge is 0.462 e. The van der Waals surface area contributed by atoms with E-state index in [0.29, 0.717) is 11.8 Å². The van der Waals surface area contributed by atoms with Gasteiger partial charge in [-0.3, -0.25) is 4.79 Å². The number of carbonyl (C=O) groups is 1. The van der Waals surface area contributed by atoms with Crippen LogP contribution in [-0.4, -0.2) is 12.1 Å². The van der Waals surface area contributed by atoms with Crippen LogP contribution in [0.1, 0.15) is 27.2 Å². The van der Waals surface area contributed by atoms with Crippen LogP contribution in [-0.2, 0) is 9.53 Å². The second-order valence-corrected chi connectivity index (χ2v) is 4.12. The summed E-state index contributed by atoms with van der Waals surface area (Å²) in [5.41, 5.74) is -0.0700. The minimum Gasteiger partial charge on any atom is -0.462 e. The summed E-state index contributed by atoms with van der Waals surface area (Å²) in [6, 6.07) is 0. The van der Waals surface area contributed by atoms with Crippen molar-refractivity contribution in [2.24, 2.45) is 17.3 Å². The van der Waals surface area contributed by atoms with Crippen LogP contribution >= 0.6 is 0 Å². The van der Waals surface area contributed by atoms with Gasteiger partial charge in [0.2, 0.25) is 0 Å². The Labute approximate surface area is 66.9 Å². The lowest BCUT2D eigenvalue weighted by Crippen LogP contribution is -2.20. The predicted octanol–water partition coefficient (Wildman–Crippen LogP) is 1.59. The second-order valence-electron chi connectivity index (χ2n) is 4.12. The predicted molar refractivity (Wildman–Crippen MR) is 40.9 cm³/mol. The van der Waals surface area contributed by atoms with Crippen molar-refractivity contribution in [3.05, 3.63) is 0 Å². The van der Waals surface area contributed by atoms with Gasteiger partial charge in [-0.2, -0.15) is 0 Å². The van der Waals surface area contributed by atoms with Gasteiger partial charge in [0.25, 0.3) is 0 Å². The van der Waals surface area contributed by atoms with Crippen LogP contribution < -0.4 is 0 Å². The van der Waals surface area contributed by atoms with Crippen molar-refractivity contribution in [3.63, 3.8) is 0 Å². The Morgan fingerprint density at radius 1 is 1.64 bits per heavy atom. The number of hydrogen-bond acceptors (Lipinski definition) is 2. The van der Waals surface area contributed by atoms with Crippen molar-refractivity contribution in [2.75, 3.05) is 0 Å². The molecule has 11 heavy (non-hydrogen) atoms. The standard InChI is InChI=1S/C9H14O2/c1-5(2)9-4-7(9)6(3)11-8(9)10/h5-7H,4H2,1-3H3/t6-,7-,9+/m0/s1.